The summed E-state index contributed by atoms with van der Waals surface area (Å²) in [6.07, 6.45) is 0. The summed E-state index contributed by atoms with van der Waals surface area (Å²) in [5.41, 5.74) is 1.18. The summed E-state index contributed by atoms with van der Waals surface area (Å²) in [7, 11) is 2.57. The van der Waals surface area contributed by atoms with Crippen LogP contribution in [-0.4, -0.2) is 86.9 Å². The number of hydrogen-bond donors (Lipinski definition) is 1. The van der Waals surface area contributed by atoms with E-state index in [0.717, 1.165) is 31.1 Å². The highest BCUT2D eigenvalue weighted by molar-refractivity contribution is 8.00. The molecular formula is C19H26N3O5S+. The van der Waals surface area contributed by atoms with E-state index in [1.54, 1.807) is 0 Å². The zero-order valence-corrected chi connectivity index (χ0v) is 16.9. The van der Waals surface area contributed by atoms with E-state index in [1.807, 2.05) is 18.2 Å². The Hall–Kier alpha value is -2.26. The van der Waals surface area contributed by atoms with Gasteiger partial charge in [-0.2, -0.15) is 0 Å². The molecule has 1 aromatic carbocycles. The van der Waals surface area contributed by atoms with E-state index in [-0.39, 0.29) is 12.5 Å². The molecular weight excluding hydrogens is 382 g/mol. The number of carbonyl (C=O) groups is 3. The summed E-state index contributed by atoms with van der Waals surface area (Å²) >= 11 is 1.24. The van der Waals surface area contributed by atoms with Crippen molar-refractivity contribution >= 4 is 35.3 Å². The van der Waals surface area contributed by atoms with Crippen molar-refractivity contribution in [3.8, 4) is 0 Å². The maximum atomic E-state index is 13.0. The minimum atomic E-state index is -0.799. The summed E-state index contributed by atoms with van der Waals surface area (Å²) in [6, 6.07) is 9.44. The number of amides is 1. The van der Waals surface area contributed by atoms with Gasteiger partial charge in [0, 0.05) is 11.4 Å². The smallest absolute Gasteiger partial charge is 0.339 e. The topological polar surface area (TPSA) is 80.6 Å². The van der Waals surface area contributed by atoms with Gasteiger partial charge in [-0.1, -0.05) is 18.2 Å². The lowest BCUT2D eigenvalue weighted by molar-refractivity contribution is -0.892. The van der Waals surface area contributed by atoms with E-state index >= 15 is 0 Å². The van der Waals surface area contributed by atoms with Crippen LogP contribution in [0.1, 0.15) is 0 Å². The Bertz CT molecular complexity index is 685. The van der Waals surface area contributed by atoms with Gasteiger partial charge in [-0.05, 0) is 12.1 Å². The fourth-order valence-corrected chi connectivity index (χ4v) is 4.93. The zero-order valence-electron chi connectivity index (χ0n) is 16.1. The standard InChI is InChI=1S/C19H25N3O5S/c1-26-18(24)15-13-28-17(19(25)27-2)22(15)16(23)12-20-8-10-21(11-9-20)14-6-4-3-5-7-14/h3-7,15,17H,8-13H2,1-2H3/p+1/t15-,17-/m0/s1. The van der Waals surface area contributed by atoms with Crippen molar-refractivity contribution in [1.29, 1.82) is 0 Å². The van der Waals surface area contributed by atoms with Gasteiger partial charge in [0.25, 0.3) is 5.91 Å². The van der Waals surface area contributed by atoms with E-state index < -0.39 is 23.4 Å². The first-order valence-corrected chi connectivity index (χ1v) is 10.3. The van der Waals surface area contributed by atoms with E-state index in [2.05, 4.69) is 17.0 Å². The number of carbonyl (C=O) groups excluding carboxylic acids is 3. The summed E-state index contributed by atoms with van der Waals surface area (Å²) in [5, 5.41) is -0.799. The molecule has 0 unspecified atom stereocenters. The SMILES string of the molecule is COC(=O)[C@@H]1CS[C@@H](C(=O)OC)N1C(=O)C[NH+]1CCN(c2ccccc2)CC1. The highest BCUT2D eigenvalue weighted by atomic mass is 32.2. The molecule has 8 nitrogen and oxygen atoms in total. The van der Waals surface area contributed by atoms with Crippen LogP contribution in [0.15, 0.2) is 30.3 Å². The normalized spacial score (nSPS) is 22.8. The third-order valence-electron chi connectivity index (χ3n) is 5.16. The number of para-hydroxylation sites is 1. The number of piperazine rings is 1. The molecule has 1 N–H and O–H groups in total. The van der Waals surface area contributed by atoms with Crippen molar-refractivity contribution in [2.75, 3.05) is 57.6 Å². The van der Waals surface area contributed by atoms with Gasteiger partial charge < -0.3 is 24.2 Å². The van der Waals surface area contributed by atoms with Crippen LogP contribution in [0.3, 0.4) is 0 Å². The van der Waals surface area contributed by atoms with Crippen molar-refractivity contribution in [2.45, 2.75) is 11.4 Å². The number of ether oxygens (including phenoxy) is 2. The van der Waals surface area contributed by atoms with Crippen molar-refractivity contribution in [3.63, 3.8) is 0 Å². The van der Waals surface area contributed by atoms with E-state index in [1.165, 1.54) is 36.6 Å². The number of esters is 2. The average molecular weight is 409 g/mol. The molecule has 2 saturated heterocycles. The molecule has 3 rings (SSSR count). The predicted molar refractivity (Wildman–Crippen MR) is 105 cm³/mol. The summed E-state index contributed by atoms with van der Waals surface area (Å²) in [4.78, 5) is 41.9. The summed E-state index contributed by atoms with van der Waals surface area (Å²) in [6.45, 7) is 3.56. The number of thioether (sulfide) groups is 1. The molecule has 9 heteroatoms. The molecule has 0 aromatic heterocycles. The van der Waals surface area contributed by atoms with Crippen LogP contribution in [0.25, 0.3) is 0 Å². The molecule has 2 fully saturated rings. The Morgan fingerprint density at radius 3 is 2.32 bits per heavy atom. The van der Waals surface area contributed by atoms with Gasteiger partial charge in [-0.25, -0.2) is 9.59 Å². The second-order valence-electron chi connectivity index (χ2n) is 6.80. The molecule has 0 aliphatic carbocycles. The van der Waals surface area contributed by atoms with Gasteiger partial charge in [-0.15, -0.1) is 11.8 Å². The predicted octanol–water partition coefficient (Wildman–Crippen LogP) is -0.992. The third-order valence-corrected chi connectivity index (χ3v) is 6.40. The highest BCUT2D eigenvalue weighted by Gasteiger charge is 2.47. The number of nitrogens with one attached hydrogen (secondary N) is 1. The number of methoxy groups -OCH3 is 2. The number of hydrogen-bond acceptors (Lipinski definition) is 7. The van der Waals surface area contributed by atoms with Crippen molar-refractivity contribution < 1.29 is 28.8 Å². The molecule has 1 amide bonds. The Morgan fingerprint density at radius 2 is 1.71 bits per heavy atom. The number of quaternary nitrogens is 1. The van der Waals surface area contributed by atoms with Crippen LogP contribution >= 0.6 is 11.8 Å². The van der Waals surface area contributed by atoms with Crippen LogP contribution in [0.4, 0.5) is 5.69 Å². The molecule has 0 bridgehead atoms. The number of benzene rings is 1. The quantitative estimate of drug-likeness (QED) is 0.627. The van der Waals surface area contributed by atoms with Gasteiger partial charge in [0.1, 0.15) is 6.04 Å². The van der Waals surface area contributed by atoms with E-state index in [4.69, 9.17) is 9.47 Å². The van der Waals surface area contributed by atoms with Crippen LogP contribution < -0.4 is 9.80 Å². The van der Waals surface area contributed by atoms with Crippen molar-refractivity contribution in [1.82, 2.24) is 4.90 Å². The second kappa shape index (κ2) is 9.29. The molecule has 0 saturated carbocycles. The van der Waals surface area contributed by atoms with Gasteiger partial charge in [0.05, 0.1) is 40.4 Å². The Morgan fingerprint density at radius 1 is 1.07 bits per heavy atom. The van der Waals surface area contributed by atoms with Gasteiger partial charge in [0.15, 0.2) is 11.9 Å². The Balaban J connectivity index is 1.62. The first-order valence-electron chi connectivity index (χ1n) is 9.27. The highest BCUT2D eigenvalue weighted by Crippen LogP contribution is 2.30. The maximum absolute atomic E-state index is 13.0. The number of rotatable bonds is 5. The van der Waals surface area contributed by atoms with Gasteiger partial charge >= 0.3 is 11.9 Å². The maximum Gasteiger partial charge on any atom is 0.339 e. The molecule has 0 spiro atoms. The number of anilines is 1. The third kappa shape index (κ3) is 4.41. The molecule has 2 heterocycles. The molecule has 2 atom stereocenters. The monoisotopic (exact) mass is 408 g/mol. The molecule has 1 aromatic rings. The summed E-state index contributed by atoms with van der Waals surface area (Å²) in [5.74, 6) is -0.918. The minimum Gasteiger partial charge on any atom is -0.467 e. The first-order chi connectivity index (χ1) is 13.5. The lowest BCUT2D eigenvalue weighted by Crippen LogP contribution is -3.16. The molecule has 0 radical (unpaired) electrons. The van der Waals surface area contributed by atoms with Crippen LogP contribution in [0.5, 0.6) is 0 Å². The molecule has 2 aliphatic rings. The van der Waals surface area contributed by atoms with E-state index in [0.29, 0.717) is 5.75 Å². The zero-order chi connectivity index (χ0) is 20.1. The number of nitrogens with zero attached hydrogens (tertiary/aromatic N) is 2. The van der Waals surface area contributed by atoms with Crippen LogP contribution in [0, 0.1) is 0 Å². The fraction of sp³-hybridized carbons (Fsp3) is 0.526. The lowest BCUT2D eigenvalue weighted by Gasteiger charge is -2.34. The molecule has 2 aliphatic heterocycles. The molecule has 28 heavy (non-hydrogen) atoms. The van der Waals surface area contributed by atoms with Crippen molar-refractivity contribution in [2.24, 2.45) is 0 Å². The lowest BCUT2D eigenvalue weighted by atomic mass is 10.2. The van der Waals surface area contributed by atoms with Crippen LogP contribution in [0.2, 0.25) is 0 Å². The Kier molecular flexibility index (Phi) is 6.79. The van der Waals surface area contributed by atoms with Gasteiger partial charge in [-0.3, -0.25) is 4.79 Å². The molecule has 152 valence electrons. The van der Waals surface area contributed by atoms with Gasteiger partial charge in [0.2, 0.25) is 0 Å². The Labute approximate surface area is 168 Å². The minimum absolute atomic E-state index is 0.223. The van der Waals surface area contributed by atoms with Crippen LogP contribution in [-0.2, 0) is 23.9 Å². The average Bonchev–Trinajstić information content (AvgIpc) is 3.19. The van der Waals surface area contributed by atoms with Crippen molar-refractivity contribution in [3.05, 3.63) is 30.3 Å². The first kappa shape index (κ1) is 20.5. The fourth-order valence-electron chi connectivity index (χ4n) is 3.61. The summed E-state index contributed by atoms with van der Waals surface area (Å²) < 4.78 is 9.63. The second-order valence-corrected chi connectivity index (χ2v) is 7.91. The largest absolute Gasteiger partial charge is 0.467 e. The van der Waals surface area contributed by atoms with E-state index in [9.17, 15) is 14.4 Å².